The minimum Gasteiger partial charge on any atom is -0.497 e. The van der Waals surface area contributed by atoms with Gasteiger partial charge in [0.05, 0.1) is 18.6 Å². The van der Waals surface area contributed by atoms with Crippen molar-refractivity contribution in [3.05, 3.63) is 65.2 Å². The van der Waals surface area contributed by atoms with Crippen LogP contribution in [0.25, 0.3) is 0 Å². The number of methoxy groups -OCH3 is 1. The van der Waals surface area contributed by atoms with Gasteiger partial charge in [0.2, 0.25) is 5.91 Å². The Balaban J connectivity index is 1.89. The quantitative estimate of drug-likeness (QED) is 0.635. The number of ether oxygens (including phenoxy) is 1. The highest BCUT2D eigenvalue weighted by molar-refractivity contribution is 5.95. The van der Waals surface area contributed by atoms with Crippen molar-refractivity contribution in [2.45, 2.75) is 31.9 Å². The van der Waals surface area contributed by atoms with Crippen LogP contribution in [0.3, 0.4) is 0 Å². The fourth-order valence-electron chi connectivity index (χ4n) is 3.98. The number of carbonyl (C=O) groups excluding carboxylic acids is 2. The van der Waals surface area contributed by atoms with Crippen molar-refractivity contribution in [2.24, 2.45) is 5.92 Å². The molecule has 1 heterocycles. The summed E-state index contributed by atoms with van der Waals surface area (Å²) in [5.74, 6) is -1.18. The molecule has 172 valence electrons. The number of hydrogen-bond acceptors (Lipinski definition) is 3. The first-order valence-corrected chi connectivity index (χ1v) is 10.6. The molecule has 2 aromatic rings. The van der Waals surface area contributed by atoms with Gasteiger partial charge in [-0.05, 0) is 36.2 Å². The van der Waals surface area contributed by atoms with Crippen LogP contribution in [0.15, 0.2) is 48.5 Å². The van der Waals surface area contributed by atoms with Gasteiger partial charge >= 0.3 is 6.18 Å². The number of carbonyl (C=O) groups is 2. The molecule has 2 amide bonds. The Morgan fingerprint density at radius 2 is 1.88 bits per heavy atom. The lowest BCUT2D eigenvalue weighted by atomic mass is 9.87. The summed E-state index contributed by atoms with van der Waals surface area (Å²) in [6.07, 6.45) is -2.77. The third-order valence-corrected chi connectivity index (χ3v) is 5.73. The molecule has 0 aromatic heterocycles. The van der Waals surface area contributed by atoms with E-state index in [9.17, 15) is 22.8 Å². The minimum absolute atomic E-state index is 0.134. The molecule has 0 bridgehead atoms. The van der Waals surface area contributed by atoms with Gasteiger partial charge in [-0.25, -0.2) is 0 Å². The number of hydrogen-bond donors (Lipinski definition) is 1. The van der Waals surface area contributed by atoms with E-state index >= 15 is 0 Å². The second-order valence-electron chi connectivity index (χ2n) is 7.92. The molecule has 1 fully saturated rings. The first-order chi connectivity index (χ1) is 15.2. The average molecular weight is 448 g/mol. The molecule has 1 N–H and O–H groups in total. The van der Waals surface area contributed by atoms with Crippen molar-refractivity contribution in [1.29, 1.82) is 0 Å². The highest BCUT2D eigenvalue weighted by Gasteiger charge is 2.41. The summed E-state index contributed by atoms with van der Waals surface area (Å²) in [6.45, 7) is 2.78. The molecule has 3 rings (SSSR count). The zero-order chi connectivity index (χ0) is 23.3. The summed E-state index contributed by atoms with van der Waals surface area (Å²) in [6, 6.07) is 11.7. The number of likely N-dealkylation sites (tertiary alicyclic amines) is 1. The third kappa shape index (κ3) is 5.41. The smallest absolute Gasteiger partial charge is 0.416 e. The minimum atomic E-state index is -4.48. The van der Waals surface area contributed by atoms with Gasteiger partial charge in [-0.3, -0.25) is 9.59 Å². The Labute approximate surface area is 185 Å². The van der Waals surface area contributed by atoms with Gasteiger partial charge in [0.15, 0.2) is 0 Å². The zero-order valence-corrected chi connectivity index (χ0v) is 18.1. The van der Waals surface area contributed by atoms with Crippen LogP contribution in [0.2, 0.25) is 0 Å². The van der Waals surface area contributed by atoms with E-state index in [0.717, 1.165) is 25.0 Å². The number of rotatable bonds is 7. The van der Waals surface area contributed by atoms with Crippen molar-refractivity contribution in [3.8, 4) is 5.75 Å². The van der Waals surface area contributed by atoms with E-state index < -0.39 is 23.6 Å². The molecule has 0 unspecified atom stereocenters. The Hall–Kier alpha value is -3.03. The summed E-state index contributed by atoms with van der Waals surface area (Å²) in [5.41, 5.74) is 0.0355. The molecule has 5 nitrogen and oxygen atoms in total. The highest BCUT2D eigenvalue weighted by Crippen LogP contribution is 2.37. The molecular weight excluding hydrogens is 421 g/mol. The standard InChI is InChI=1S/C24H27F3N2O3/c1-3-4-11-28-22(30)21-15-29(23(31)17-8-6-10-19(13-17)32-2)14-20(21)16-7-5-9-18(12-16)24(25,26)27/h5-10,12-13,20-21H,3-4,11,14-15H2,1-2H3,(H,28,30)/t20-,21-/m0/s1. The number of nitrogens with one attached hydrogen (secondary N) is 1. The van der Waals surface area contributed by atoms with E-state index in [1.54, 1.807) is 30.3 Å². The molecule has 1 aliphatic heterocycles. The molecule has 8 heteroatoms. The molecule has 0 saturated carbocycles. The van der Waals surface area contributed by atoms with Crippen LogP contribution in [0.5, 0.6) is 5.75 Å². The van der Waals surface area contributed by atoms with Gasteiger partial charge in [-0.1, -0.05) is 37.6 Å². The Kier molecular flexibility index (Phi) is 7.43. The second kappa shape index (κ2) is 10.1. The normalized spacial score (nSPS) is 18.5. The van der Waals surface area contributed by atoms with Crippen molar-refractivity contribution in [3.63, 3.8) is 0 Å². The maximum Gasteiger partial charge on any atom is 0.416 e. The third-order valence-electron chi connectivity index (χ3n) is 5.73. The van der Waals surface area contributed by atoms with Gasteiger partial charge in [0.1, 0.15) is 5.75 Å². The van der Waals surface area contributed by atoms with Gasteiger partial charge < -0.3 is 15.0 Å². The van der Waals surface area contributed by atoms with Gasteiger partial charge in [0, 0.05) is 31.1 Å². The van der Waals surface area contributed by atoms with Crippen LogP contribution in [-0.2, 0) is 11.0 Å². The predicted octanol–water partition coefficient (Wildman–Crippen LogP) is 4.49. The number of halogens is 3. The summed E-state index contributed by atoms with van der Waals surface area (Å²) < 4.78 is 45.0. The Morgan fingerprint density at radius 1 is 1.12 bits per heavy atom. The Bertz CT molecular complexity index is 962. The van der Waals surface area contributed by atoms with Crippen molar-refractivity contribution in [2.75, 3.05) is 26.7 Å². The molecular formula is C24H27F3N2O3. The monoisotopic (exact) mass is 448 g/mol. The van der Waals surface area contributed by atoms with Crippen LogP contribution in [0, 0.1) is 5.92 Å². The molecule has 32 heavy (non-hydrogen) atoms. The van der Waals surface area contributed by atoms with Crippen molar-refractivity contribution in [1.82, 2.24) is 10.2 Å². The first-order valence-electron chi connectivity index (χ1n) is 10.6. The number of alkyl halides is 3. The molecule has 1 aliphatic rings. The van der Waals surface area contributed by atoms with Crippen LogP contribution in [0.1, 0.15) is 47.2 Å². The highest BCUT2D eigenvalue weighted by atomic mass is 19.4. The van der Waals surface area contributed by atoms with Crippen LogP contribution in [0.4, 0.5) is 13.2 Å². The SMILES string of the molecule is CCCCNC(=O)[C@H]1CN(C(=O)c2cccc(OC)c2)C[C@H]1c1cccc(C(F)(F)F)c1. The van der Waals surface area contributed by atoms with E-state index in [1.165, 1.54) is 18.1 Å². The second-order valence-corrected chi connectivity index (χ2v) is 7.92. The van der Waals surface area contributed by atoms with Crippen molar-refractivity contribution >= 4 is 11.8 Å². The van der Waals surface area contributed by atoms with Crippen molar-refractivity contribution < 1.29 is 27.5 Å². The van der Waals surface area contributed by atoms with Crippen LogP contribution >= 0.6 is 0 Å². The molecule has 2 atom stereocenters. The van der Waals surface area contributed by atoms with E-state index in [1.807, 2.05) is 6.92 Å². The van der Waals surface area contributed by atoms with Crippen LogP contribution < -0.4 is 10.1 Å². The van der Waals surface area contributed by atoms with E-state index in [-0.39, 0.29) is 24.9 Å². The first kappa shape index (κ1) is 23.6. The topological polar surface area (TPSA) is 58.6 Å². The Morgan fingerprint density at radius 3 is 2.56 bits per heavy atom. The fraction of sp³-hybridized carbons (Fsp3) is 0.417. The number of benzene rings is 2. The summed E-state index contributed by atoms with van der Waals surface area (Å²) >= 11 is 0. The fourth-order valence-corrected chi connectivity index (χ4v) is 3.98. The van der Waals surface area contributed by atoms with Gasteiger partial charge in [0.25, 0.3) is 5.91 Å². The van der Waals surface area contributed by atoms with Gasteiger partial charge in [-0.15, -0.1) is 0 Å². The molecule has 0 aliphatic carbocycles. The lowest BCUT2D eigenvalue weighted by Crippen LogP contribution is -2.36. The van der Waals surface area contributed by atoms with Gasteiger partial charge in [-0.2, -0.15) is 13.2 Å². The largest absolute Gasteiger partial charge is 0.497 e. The number of amides is 2. The molecule has 2 aromatic carbocycles. The lowest BCUT2D eigenvalue weighted by molar-refractivity contribution is -0.137. The lowest BCUT2D eigenvalue weighted by Gasteiger charge is -2.19. The molecule has 0 radical (unpaired) electrons. The van der Waals surface area contributed by atoms with E-state index in [0.29, 0.717) is 23.4 Å². The van der Waals surface area contributed by atoms with E-state index in [4.69, 9.17) is 4.74 Å². The maximum atomic E-state index is 13.3. The summed E-state index contributed by atoms with van der Waals surface area (Å²) in [5, 5.41) is 2.87. The number of unbranched alkanes of at least 4 members (excludes halogenated alkanes) is 1. The summed E-state index contributed by atoms with van der Waals surface area (Å²) in [4.78, 5) is 27.5. The molecule has 0 spiro atoms. The predicted molar refractivity (Wildman–Crippen MR) is 114 cm³/mol. The average Bonchev–Trinajstić information content (AvgIpc) is 3.24. The number of nitrogens with zero attached hydrogens (tertiary/aromatic N) is 1. The van der Waals surface area contributed by atoms with Crippen LogP contribution in [-0.4, -0.2) is 43.5 Å². The molecule has 1 saturated heterocycles. The zero-order valence-electron chi connectivity index (χ0n) is 18.1. The summed E-state index contributed by atoms with van der Waals surface area (Å²) in [7, 11) is 1.50. The van der Waals surface area contributed by atoms with E-state index in [2.05, 4.69) is 5.32 Å². The maximum absolute atomic E-state index is 13.3.